The minimum absolute atomic E-state index is 0.169. The van der Waals surface area contributed by atoms with E-state index in [2.05, 4.69) is 20.6 Å². The number of hydrogen-bond acceptors (Lipinski definition) is 5. The van der Waals surface area contributed by atoms with Gasteiger partial charge in [-0.15, -0.1) is 0 Å². The van der Waals surface area contributed by atoms with Crippen molar-refractivity contribution in [2.24, 2.45) is 0 Å². The van der Waals surface area contributed by atoms with Crippen LogP contribution in [0.4, 0.5) is 11.6 Å². The van der Waals surface area contributed by atoms with E-state index >= 15 is 0 Å². The summed E-state index contributed by atoms with van der Waals surface area (Å²) in [6.45, 7) is 3.92. The van der Waals surface area contributed by atoms with Gasteiger partial charge in [0.05, 0.1) is 11.3 Å². The standard InChI is InChI=1S/C15H15N5O/c1-10(2)18-15-17-8-7-13(20-15)14(21)19-12-6-4-3-5-11(12)9-16/h3-8,10H,1-2H3,(H,19,21)(H,17,18,20). The molecule has 6 heteroatoms. The average Bonchev–Trinajstić information content (AvgIpc) is 2.47. The van der Waals surface area contributed by atoms with Gasteiger partial charge in [-0.25, -0.2) is 9.97 Å². The number of benzene rings is 1. The molecule has 0 fully saturated rings. The third-order valence-electron chi connectivity index (χ3n) is 2.60. The monoisotopic (exact) mass is 281 g/mol. The van der Waals surface area contributed by atoms with E-state index < -0.39 is 0 Å². The third kappa shape index (κ3) is 3.76. The predicted molar refractivity (Wildman–Crippen MR) is 79.9 cm³/mol. The lowest BCUT2D eigenvalue weighted by molar-refractivity contribution is 0.102. The molecule has 2 N–H and O–H groups in total. The molecule has 1 aromatic heterocycles. The molecule has 2 rings (SSSR count). The number of nitrogens with zero attached hydrogens (tertiary/aromatic N) is 3. The van der Waals surface area contributed by atoms with Gasteiger partial charge in [0.2, 0.25) is 5.95 Å². The van der Waals surface area contributed by atoms with Crippen LogP contribution in [0.5, 0.6) is 0 Å². The molecular formula is C15H15N5O. The highest BCUT2D eigenvalue weighted by molar-refractivity contribution is 6.03. The Morgan fingerprint density at radius 2 is 2.05 bits per heavy atom. The van der Waals surface area contributed by atoms with Crippen LogP contribution in [0, 0.1) is 11.3 Å². The molecule has 21 heavy (non-hydrogen) atoms. The molecule has 0 bridgehead atoms. The summed E-state index contributed by atoms with van der Waals surface area (Å²) in [5, 5.41) is 14.7. The van der Waals surface area contributed by atoms with Gasteiger partial charge in [-0.1, -0.05) is 12.1 Å². The van der Waals surface area contributed by atoms with Crippen molar-refractivity contribution >= 4 is 17.5 Å². The first-order valence-corrected chi connectivity index (χ1v) is 6.50. The quantitative estimate of drug-likeness (QED) is 0.898. The zero-order valence-electron chi connectivity index (χ0n) is 11.8. The fourth-order valence-electron chi connectivity index (χ4n) is 1.69. The maximum absolute atomic E-state index is 12.2. The molecule has 6 nitrogen and oxygen atoms in total. The first kappa shape index (κ1) is 14.5. The molecule has 0 aliphatic rings. The molecule has 0 spiro atoms. The molecular weight excluding hydrogens is 266 g/mol. The zero-order valence-corrected chi connectivity index (χ0v) is 11.8. The van der Waals surface area contributed by atoms with Crippen molar-refractivity contribution in [2.45, 2.75) is 19.9 Å². The van der Waals surface area contributed by atoms with Gasteiger partial charge in [0.25, 0.3) is 5.91 Å². The second-order valence-corrected chi connectivity index (χ2v) is 4.68. The summed E-state index contributed by atoms with van der Waals surface area (Å²) in [5.74, 6) is 0.0122. The summed E-state index contributed by atoms with van der Waals surface area (Å²) in [6, 6.07) is 10.5. The number of aromatic nitrogens is 2. The van der Waals surface area contributed by atoms with Crippen LogP contribution >= 0.6 is 0 Å². The zero-order chi connectivity index (χ0) is 15.2. The van der Waals surface area contributed by atoms with Crippen LogP contribution in [-0.4, -0.2) is 21.9 Å². The summed E-state index contributed by atoms with van der Waals surface area (Å²) in [7, 11) is 0. The van der Waals surface area contributed by atoms with E-state index in [1.807, 2.05) is 19.9 Å². The van der Waals surface area contributed by atoms with Gasteiger partial charge in [-0.05, 0) is 32.0 Å². The molecule has 0 saturated heterocycles. The Balaban J connectivity index is 2.19. The van der Waals surface area contributed by atoms with Crippen LogP contribution in [0.1, 0.15) is 29.9 Å². The summed E-state index contributed by atoms with van der Waals surface area (Å²) < 4.78 is 0. The van der Waals surface area contributed by atoms with Crippen molar-refractivity contribution in [3.8, 4) is 6.07 Å². The van der Waals surface area contributed by atoms with E-state index in [1.54, 1.807) is 24.3 Å². The van der Waals surface area contributed by atoms with Crippen LogP contribution < -0.4 is 10.6 Å². The van der Waals surface area contributed by atoms with Crippen LogP contribution in [0.15, 0.2) is 36.5 Å². The Hall–Kier alpha value is -2.94. The van der Waals surface area contributed by atoms with E-state index in [0.717, 1.165) is 0 Å². The molecule has 1 amide bonds. The molecule has 0 unspecified atom stereocenters. The fourth-order valence-corrected chi connectivity index (χ4v) is 1.69. The number of rotatable bonds is 4. The van der Waals surface area contributed by atoms with Gasteiger partial charge in [0, 0.05) is 12.2 Å². The van der Waals surface area contributed by atoms with E-state index in [4.69, 9.17) is 5.26 Å². The summed E-state index contributed by atoms with van der Waals surface area (Å²) in [5.41, 5.74) is 1.10. The molecule has 0 aliphatic heterocycles. The van der Waals surface area contributed by atoms with Gasteiger partial charge in [0.1, 0.15) is 11.8 Å². The van der Waals surface area contributed by atoms with E-state index in [-0.39, 0.29) is 17.6 Å². The van der Waals surface area contributed by atoms with Gasteiger partial charge in [-0.3, -0.25) is 4.79 Å². The molecule has 2 aromatic rings. The number of nitriles is 1. The second-order valence-electron chi connectivity index (χ2n) is 4.68. The largest absolute Gasteiger partial charge is 0.352 e. The van der Waals surface area contributed by atoms with Gasteiger partial charge >= 0.3 is 0 Å². The number of nitrogens with one attached hydrogen (secondary N) is 2. The minimum Gasteiger partial charge on any atom is -0.352 e. The van der Waals surface area contributed by atoms with Crippen molar-refractivity contribution in [1.29, 1.82) is 5.26 Å². The number of hydrogen-bond donors (Lipinski definition) is 2. The molecule has 1 aromatic carbocycles. The lowest BCUT2D eigenvalue weighted by Gasteiger charge is -2.09. The van der Waals surface area contributed by atoms with Gasteiger partial charge in [0.15, 0.2) is 0 Å². The second kappa shape index (κ2) is 6.48. The number of para-hydroxylation sites is 1. The normalized spacial score (nSPS) is 10.0. The molecule has 0 radical (unpaired) electrons. The maximum atomic E-state index is 12.2. The third-order valence-corrected chi connectivity index (χ3v) is 2.60. The van der Waals surface area contributed by atoms with Crippen LogP contribution in [-0.2, 0) is 0 Å². The molecule has 106 valence electrons. The minimum atomic E-state index is -0.382. The number of amides is 1. The lowest BCUT2D eigenvalue weighted by atomic mass is 10.2. The van der Waals surface area contributed by atoms with E-state index in [1.165, 1.54) is 12.3 Å². The van der Waals surface area contributed by atoms with E-state index in [0.29, 0.717) is 17.2 Å². The summed E-state index contributed by atoms with van der Waals surface area (Å²) in [6.07, 6.45) is 1.52. The summed E-state index contributed by atoms with van der Waals surface area (Å²) >= 11 is 0. The summed E-state index contributed by atoms with van der Waals surface area (Å²) in [4.78, 5) is 20.4. The first-order chi connectivity index (χ1) is 10.1. The fraction of sp³-hybridized carbons (Fsp3) is 0.200. The van der Waals surface area contributed by atoms with Crippen LogP contribution in [0.2, 0.25) is 0 Å². The Labute approximate surface area is 122 Å². The smallest absolute Gasteiger partial charge is 0.274 e. The van der Waals surface area contributed by atoms with Gasteiger partial charge < -0.3 is 10.6 Å². The molecule has 0 saturated carbocycles. The van der Waals surface area contributed by atoms with Crippen molar-refractivity contribution in [3.05, 3.63) is 47.8 Å². The Bertz CT molecular complexity index is 690. The first-order valence-electron chi connectivity index (χ1n) is 6.50. The number of anilines is 2. The topological polar surface area (TPSA) is 90.7 Å². The number of carbonyl (C=O) groups is 1. The Morgan fingerprint density at radius 3 is 2.76 bits per heavy atom. The van der Waals surface area contributed by atoms with Crippen molar-refractivity contribution < 1.29 is 4.79 Å². The predicted octanol–water partition coefficient (Wildman–Crippen LogP) is 2.42. The maximum Gasteiger partial charge on any atom is 0.274 e. The highest BCUT2D eigenvalue weighted by Gasteiger charge is 2.11. The van der Waals surface area contributed by atoms with Gasteiger partial charge in [-0.2, -0.15) is 5.26 Å². The van der Waals surface area contributed by atoms with Crippen LogP contribution in [0.25, 0.3) is 0 Å². The average molecular weight is 281 g/mol. The van der Waals surface area contributed by atoms with Crippen molar-refractivity contribution in [1.82, 2.24) is 9.97 Å². The molecule has 0 aliphatic carbocycles. The van der Waals surface area contributed by atoms with Crippen LogP contribution in [0.3, 0.4) is 0 Å². The Kier molecular flexibility index (Phi) is 4.46. The SMILES string of the molecule is CC(C)Nc1nccc(C(=O)Nc2ccccc2C#N)n1. The number of carbonyl (C=O) groups excluding carboxylic acids is 1. The highest BCUT2D eigenvalue weighted by Crippen LogP contribution is 2.14. The molecule has 0 atom stereocenters. The Morgan fingerprint density at radius 1 is 1.29 bits per heavy atom. The van der Waals surface area contributed by atoms with E-state index in [9.17, 15) is 4.79 Å². The highest BCUT2D eigenvalue weighted by atomic mass is 16.1. The van der Waals surface area contributed by atoms with Crippen molar-refractivity contribution in [2.75, 3.05) is 10.6 Å². The molecule has 1 heterocycles. The van der Waals surface area contributed by atoms with Crippen molar-refractivity contribution in [3.63, 3.8) is 0 Å². The lowest BCUT2D eigenvalue weighted by Crippen LogP contribution is -2.18.